The number of benzene rings is 1. The van der Waals surface area contributed by atoms with E-state index in [1.165, 1.54) is 6.92 Å². The van der Waals surface area contributed by atoms with Gasteiger partial charge in [0.15, 0.2) is 11.6 Å². The van der Waals surface area contributed by atoms with Crippen molar-refractivity contribution in [3.05, 3.63) is 27.7 Å². The molecule has 0 saturated carbocycles. The molecule has 2 atom stereocenters. The minimum Gasteiger partial charge on any atom is -0.380 e. The molecule has 0 radical (unpaired) electrons. The molecule has 0 aliphatic carbocycles. The molecule has 0 amide bonds. The number of nitrogens with one attached hydrogen (secondary N) is 1. The Morgan fingerprint density at radius 3 is 2.72 bits per heavy atom. The number of likely N-dealkylation sites (N-methyl/N-ethyl adjacent to an activating group) is 1. The van der Waals surface area contributed by atoms with Gasteiger partial charge >= 0.3 is 5.69 Å². The van der Waals surface area contributed by atoms with E-state index < -0.39 is 17.3 Å². The molecule has 134 valence electrons. The van der Waals surface area contributed by atoms with Crippen LogP contribution in [0.4, 0.5) is 20.3 Å². The molecule has 1 aromatic carbocycles. The van der Waals surface area contributed by atoms with Crippen molar-refractivity contribution in [1.82, 2.24) is 12.7 Å². The third kappa shape index (κ3) is 2.35. The zero-order valence-electron chi connectivity index (χ0n) is 14.1. The van der Waals surface area contributed by atoms with Crippen LogP contribution in [-0.4, -0.2) is 51.4 Å². The van der Waals surface area contributed by atoms with Crippen LogP contribution in [0.5, 0.6) is 0 Å². The quantitative estimate of drug-likeness (QED) is 0.610. The van der Waals surface area contributed by atoms with E-state index >= 15 is 0 Å². The number of hydrogen-bond acceptors (Lipinski definition) is 5. The molecular formula is C16H18F2IN5O. The van der Waals surface area contributed by atoms with Gasteiger partial charge in [-0.1, -0.05) is 0 Å². The molecular weight excluding hydrogens is 443 g/mol. The van der Waals surface area contributed by atoms with Gasteiger partial charge in [0.1, 0.15) is 11.3 Å². The second kappa shape index (κ2) is 5.76. The Hall–Kier alpha value is -1.49. The Bertz CT molecular complexity index is 947. The minimum absolute atomic E-state index is 0.0177. The van der Waals surface area contributed by atoms with E-state index in [1.807, 2.05) is 18.9 Å². The van der Waals surface area contributed by atoms with Gasteiger partial charge in [0, 0.05) is 31.2 Å². The first kappa shape index (κ1) is 17.0. The zero-order valence-corrected chi connectivity index (χ0v) is 16.3. The average Bonchev–Trinajstić information content (AvgIpc) is 2.70. The highest BCUT2D eigenvalue weighted by atomic mass is 127. The topological polar surface area (TPSA) is 53.4 Å². The van der Waals surface area contributed by atoms with Crippen molar-refractivity contribution >= 4 is 45.3 Å². The number of anilines is 2. The first-order chi connectivity index (χ1) is 11.8. The van der Waals surface area contributed by atoms with Crippen molar-refractivity contribution in [3.8, 4) is 0 Å². The lowest BCUT2D eigenvalue weighted by Crippen LogP contribution is -2.59. The van der Waals surface area contributed by atoms with E-state index in [1.54, 1.807) is 22.9 Å². The number of hydrogen-bond donors (Lipinski definition) is 1. The van der Waals surface area contributed by atoms with Gasteiger partial charge in [-0.25, -0.2) is 16.4 Å². The van der Waals surface area contributed by atoms with Crippen LogP contribution in [0.2, 0.25) is 0 Å². The summed E-state index contributed by atoms with van der Waals surface area (Å²) in [6.45, 7) is 5.47. The molecule has 0 spiro atoms. The molecule has 25 heavy (non-hydrogen) atoms. The molecule has 1 aromatic heterocycles. The molecule has 2 aromatic rings. The van der Waals surface area contributed by atoms with Crippen molar-refractivity contribution in [2.75, 3.05) is 36.9 Å². The summed E-state index contributed by atoms with van der Waals surface area (Å²) in [4.78, 5) is 20.8. The van der Waals surface area contributed by atoms with Crippen LogP contribution in [0, 0.1) is 18.6 Å². The monoisotopic (exact) mass is 461 g/mol. The largest absolute Gasteiger partial charge is 0.380 e. The predicted octanol–water partition coefficient (Wildman–Crippen LogP) is 2.12. The molecule has 3 heterocycles. The van der Waals surface area contributed by atoms with E-state index in [0.717, 1.165) is 15.9 Å². The van der Waals surface area contributed by atoms with E-state index in [4.69, 9.17) is 0 Å². The molecule has 0 bridgehead atoms. The molecule has 2 aliphatic rings. The van der Waals surface area contributed by atoms with E-state index in [2.05, 4.69) is 15.2 Å². The molecule has 9 heteroatoms. The fourth-order valence-corrected chi connectivity index (χ4v) is 4.59. The first-order valence-corrected chi connectivity index (χ1v) is 9.09. The van der Waals surface area contributed by atoms with Gasteiger partial charge in [0.2, 0.25) is 0 Å². The lowest BCUT2D eigenvalue weighted by atomic mass is 10.1. The van der Waals surface area contributed by atoms with Gasteiger partial charge in [-0.2, -0.15) is 4.98 Å². The summed E-state index contributed by atoms with van der Waals surface area (Å²) in [6.07, 6.45) is 0. The summed E-state index contributed by atoms with van der Waals surface area (Å²) in [5.41, 5.74) is -0.331. The van der Waals surface area contributed by atoms with E-state index in [9.17, 15) is 13.6 Å². The van der Waals surface area contributed by atoms with Crippen LogP contribution < -0.4 is 15.9 Å². The Morgan fingerprint density at radius 2 is 2.00 bits per heavy atom. The highest BCUT2D eigenvalue weighted by Crippen LogP contribution is 2.40. The highest BCUT2D eigenvalue weighted by molar-refractivity contribution is 14.1. The van der Waals surface area contributed by atoms with Gasteiger partial charge in [-0.05, 0) is 20.9 Å². The number of nitrogens with zero attached hydrogens (tertiary/aromatic N) is 4. The lowest BCUT2D eigenvalue weighted by Gasteiger charge is -2.44. The Balaban J connectivity index is 2.13. The number of halogens is 3. The number of aromatic nitrogens is 2. The maximum absolute atomic E-state index is 14.8. The van der Waals surface area contributed by atoms with Crippen molar-refractivity contribution in [3.63, 3.8) is 0 Å². The van der Waals surface area contributed by atoms with Gasteiger partial charge < -0.3 is 15.1 Å². The van der Waals surface area contributed by atoms with Crippen molar-refractivity contribution in [2.24, 2.45) is 0 Å². The summed E-state index contributed by atoms with van der Waals surface area (Å²) in [7, 11) is 2.03. The minimum atomic E-state index is -0.714. The van der Waals surface area contributed by atoms with Crippen LogP contribution in [0.3, 0.4) is 0 Å². The van der Waals surface area contributed by atoms with Gasteiger partial charge in [0.25, 0.3) is 0 Å². The maximum atomic E-state index is 14.8. The Labute approximate surface area is 157 Å². The van der Waals surface area contributed by atoms with Gasteiger partial charge in [-0.3, -0.25) is 0 Å². The second-order valence-corrected chi connectivity index (χ2v) is 7.83. The van der Waals surface area contributed by atoms with Crippen LogP contribution >= 0.6 is 22.9 Å². The SMILES string of the molecule is Cc1c(F)c2c3c(nc(=O)n(I)c3c1F)N1C(C)CN(C)CC1CN2. The summed E-state index contributed by atoms with van der Waals surface area (Å²) < 4.78 is 30.8. The summed E-state index contributed by atoms with van der Waals surface area (Å²) >= 11 is 1.72. The molecule has 1 saturated heterocycles. The predicted molar refractivity (Wildman–Crippen MR) is 102 cm³/mol. The van der Waals surface area contributed by atoms with Crippen LogP contribution in [-0.2, 0) is 0 Å². The fraction of sp³-hybridized carbons (Fsp3) is 0.500. The summed E-state index contributed by atoms with van der Waals surface area (Å²) in [6, 6.07) is 0.0909. The molecule has 1 fully saturated rings. The zero-order chi connectivity index (χ0) is 18.0. The van der Waals surface area contributed by atoms with E-state index in [0.29, 0.717) is 17.7 Å². The molecule has 6 nitrogen and oxygen atoms in total. The summed E-state index contributed by atoms with van der Waals surface area (Å²) in [5, 5.41) is 3.49. The third-order valence-corrected chi connectivity index (χ3v) is 5.98. The molecule has 1 N–H and O–H groups in total. The maximum Gasteiger partial charge on any atom is 0.359 e. The smallest absolute Gasteiger partial charge is 0.359 e. The molecule has 2 unspecified atom stereocenters. The fourth-order valence-electron chi connectivity index (χ4n) is 4.03. The second-order valence-electron chi connectivity index (χ2n) is 6.86. The van der Waals surface area contributed by atoms with Crippen LogP contribution in [0.1, 0.15) is 12.5 Å². The highest BCUT2D eigenvalue weighted by Gasteiger charge is 2.37. The lowest BCUT2D eigenvalue weighted by molar-refractivity contribution is 0.236. The number of piperazine rings is 1. The van der Waals surface area contributed by atoms with Gasteiger partial charge in [0.05, 0.1) is 40.0 Å². The Morgan fingerprint density at radius 1 is 1.28 bits per heavy atom. The normalized spacial score (nSPS) is 23.4. The van der Waals surface area contributed by atoms with Gasteiger partial charge in [-0.15, -0.1) is 0 Å². The first-order valence-electron chi connectivity index (χ1n) is 8.12. The molecule has 2 aliphatic heterocycles. The standard InChI is InChI=1S/C16H18F2IN5O/c1-7-5-22(3)6-9-4-20-13-10-14(12(18)8(2)11(13)17)24(19)16(25)21-15(10)23(7)9/h7,9,20H,4-6H2,1-3H3. The van der Waals surface area contributed by atoms with Crippen LogP contribution in [0.25, 0.3) is 10.9 Å². The third-order valence-electron chi connectivity index (χ3n) is 5.09. The van der Waals surface area contributed by atoms with Crippen molar-refractivity contribution in [1.29, 1.82) is 0 Å². The van der Waals surface area contributed by atoms with Crippen molar-refractivity contribution in [2.45, 2.75) is 25.9 Å². The van der Waals surface area contributed by atoms with E-state index in [-0.39, 0.29) is 28.9 Å². The molecule has 4 rings (SSSR count). The average molecular weight is 461 g/mol. The van der Waals surface area contributed by atoms with Crippen molar-refractivity contribution < 1.29 is 8.78 Å². The van der Waals surface area contributed by atoms with Crippen LogP contribution in [0.15, 0.2) is 4.79 Å². The number of rotatable bonds is 0. The number of fused-ring (bicyclic) bond motifs is 2. The Kier molecular flexibility index (Phi) is 3.91. The summed E-state index contributed by atoms with van der Waals surface area (Å²) in [5.74, 6) is -0.964.